The zero-order valence-corrected chi connectivity index (χ0v) is 19.2. The summed E-state index contributed by atoms with van der Waals surface area (Å²) in [6.45, 7) is 2.33. The van der Waals surface area contributed by atoms with E-state index in [1.54, 1.807) is 30.3 Å². The lowest BCUT2D eigenvalue weighted by molar-refractivity contribution is -0.120. The molecule has 34 heavy (non-hydrogen) atoms. The van der Waals surface area contributed by atoms with Crippen LogP contribution in [0.15, 0.2) is 66.7 Å². The molecule has 6 N–H and O–H groups in total. The third kappa shape index (κ3) is 7.31. The van der Waals surface area contributed by atoms with Gasteiger partial charge in [0.15, 0.2) is 0 Å². The molecule has 3 aromatic carbocycles. The number of carbonyl (C=O) groups is 1. The molecule has 3 rings (SSSR count). The molecule has 2 atom stereocenters. The quantitative estimate of drug-likeness (QED) is 0.259. The van der Waals surface area contributed by atoms with Gasteiger partial charge >= 0.3 is 0 Å². The number of benzene rings is 3. The molecule has 0 spiro atoms. The van der Waals surface area contributed by atoms with E-state index >= 15 is 0 Å². The number of amides is 1. The second-order valence-corrected chi connectivity index (χ2v) is 8.48. The van der Waals surface area contributed by atoms with Crippen LogP contribution in [0.25, 0.3) is 0 Å². The Morgan fingerprint density at radius 3 is 2.41 bits per heavy atom. The molecular formula is C27H32N2O5. The lowest BCUT2D eigenvalue weighted by atomic mass is 10.0. The predicted molar refractivity (Wildman–Crippen MR) is 130 cm³/mol. The average molecular weight is 465 g/mol. The van der Waals surface area contributed by atoms with E-state index < -0.39 is 6.10 Å². The number of aliphatic hydroxyl groups is 2. The molecule has 0 unspecified atom stereocenters. The zero-order valence-electron chi connectivity index (χ0n) is 19.2. The van der Waals surface area contributed by atoms with E-state index in [2.05, 4.69) is 10.6 Å². The summed E-state index contributed by atoms with van der Waals surface area (Å²) in [5.74, 6) is 0.0491. The lowest BCUT2D eigenvalue weighted by Crippen LogP contribution is -2.32. The number of carbonyl (C=O) groups excluding carboxylic acids is 1. The fourth-order valence-corrected chi connectivity index (χ4v) is 3.76. The van der Waals surface area contributed by atoms with Gasteiger partial charge in [0, 0.05) is 30.3 Å². The van der Waals surface area contributed by atoms with Crippen molar-refractivity contribution in [3.05, 3.63) is 94.5 Å². The minimum atomic E-state index is -0.771. The largest absolute Gasteiger partial charge is 0.508 e. The van der Waals surface area contributed by atoms with Crippen LogP contribution in [0.3, 0.4) is 0 Å². The number of rotatable bonds is 11. The van der Waals surface area contributed by atoms with Gasteiger partial charge in [-0.05, 0) is 48.2 Å². The number of nitrogens with one attached hydrogen (secondary N) is 2. The van der Waals surface area contributed by atoms with Crippen molar-refractivity contribution >= 4 is 5.91 Å². The first-order valence-corrected chi connectivity index (χ1v) is 11.3. The van der Waals surface area contributed by atoms with E-state index in [1.807, 2.05) is 37.3 Å². The van der Waals surface area contributed by atoms with Crippen molar-refractivity contribution in [1.82, 2.24) is 10.6 Å². The van der Waals surface area contributed by atoms with Crippen molar-refractivity contribution < 1.29 is 25.2 Å². The topological polar surface area (TPSA) is 122 Å². The van der Waals surface area contributed by atoms with Gasteiger partial charge in [0.05, 0.1) is 19.1 Å². The van der Waals surface area contributed by atoms with E-state index in [-0.39, 0.29) is 43.0 Å². The third-order valence-corrected chi connectivity index (χ3v) is 5.68. The highest BCUT2D eigenvalue weighted by molar-refractivity contribution is 5.78. The average Bonchev–Trinajstić information content (AvgIpc) is 2.82. The number of hydrogen-bond acceptors (Lipinski definition) is 6. The van der Waals surface area contributed by atoms with Crippen LogP contribution in [0.2, 0.25) is 0 Å². The van der Waals surface area contributed by atoms with Gasteiger partial charge in [0.25, 0.3) is 0 Å². The van der Waals surface area contributed by atoms with Crippen molar-refractivity contribution in [1.29, 1.82) is 0 Å². The maximum atomic E-state index is 12.3. The number of phenols is 2. The molecule has 0 saturated heterocycles. The summed E-state index contributed by atoms with van der Waals surface area (Å²) in [6.07, 6.45) is 0.195. The maximum Gasteiger partial charge on any atom is 0.224 e. The number of aliphatic hydroxyl groups excluding tert-OH is 2. The molecule has 1 amide bonds. The number of para-hydroxylation sites is 1. The van der Waals surface area contributed by atoms with E-state index in [1.165, 1.54) is 6.07 Å². The molecule has 0 aliphatic heterocycles. The Hall–Kier alpha value is -3.39. The van der Waals surface area contributed by atoms with Crippen LogP contribution >= 0.6 is 0 Å². The minimum Gasteiger partial charge on any atom is -0.508 e. The maximum absolute atomic E-state index is 12.3. The SMILES string of the molecule is C[C@H](Cc1cccc(CC(=O)NCc2ccccc2O)c1)NC[C@@H](O)c1ccc(O)c(CO)c1. The summed E-state index contributed by atoms with van der Waals surface area (Å²) in [5.41, 5.74) is 3.66. The molecule has 0 aliphatic carbocycles. The fraction of sp³-hybridized carbons (Fsp3) is 0.296. The molecule has 7 nitrogen and oxygen atoms in total. The smallest absolute Gasteiger partial charge is 0.224 e. The summed E-state index contributed by atoms with van der Waals surface area (Å²) in [7, 11) is 0. The van der Waals surface area contributed by atoms with E-state index in [0.29, 0.717) is 23.2 Å². The summed E-state index contributed by atoms with van der Waals surface area (Å²) in [5, 5.41) is 45.4. The normalized spacial score (nSPS) is 12.8. The molecule has 7 heteroatoms. The van der Waals surface area contributed by atoms with Gasteiger partial charge in [-0.25, -0.2) is 0 Å². The third-order valence-electron chi connectivity index (χ3n) is 5.68. The molecule has 0 fully saturated rings. The Balaban J connectivity index is 1.48. The van der Waals surface area contributed by atoms with Crippen molar-refractivity contribution in [3.63, 3.8) is 0 Å². The number of phenolic OH excluding ortho intramolecular Hbond substituents is 1. The highest BCUT2D eigenvalue weighted by atomic mass is 16.3. The van der Waals surface area contributed by atoms with Crippen molar-refractivity contribution in [3.8, 4) is 11.5 Å². The van der Waals surface area contributed by atoms with Crippen LogP contribution in [0, 0.1) is 0 Å². The first-order valence-electron chi connectivity index (χ1n) is 11.3. The molecule has 0 saturated carbocycles. The lowest BCUT2D eigenvalue weighted by Gasteiger charge is -2.18. The van der Waals surface area contributed by atoms with Crippen LogP contribution in [-0.4, -0.2) is 38.9 Å². The Labute approximate surface area is 199 Å². The van der Waals surface area contributed by atoms with Crippen molar-refractivity contribution in [2.75, 3.05) is 6.54 Å². The molecule has 3 aromatic rings. The molecule has 0 radical (unpaired) electrons. The highest BCUT2D eigenvalue weighted by Gasteiger charge is 2.13. The standard InChI is InChI=1S/C27H32N2O5/c1-18(28-16-26(33)21-9-10-25(32)23(14-21)17-30)11-19-5-4-6-20(12-19)13-27(34)29-15-22-7-2-3-8-24(22)31/h2-10,12,14,18,26,28,30-33H,11,13,15-17H2,1H3,(H,29,34)/t18-,26-/m1/s1. The van der Waals surface area contributed by atoms with Gasteiger partial charge in [-0.2, -0.15) is 0 Å². The summed E-state index contributed by atoms with van der Waals surface area (Å²) in [6, 6.07) is 19.5. The number of hydrogen-bond donors (Lipinski definition) is 6. The second-order valence-electron chi connectivity index (χ2n) is 8.48. The zero-order chi connectivity index (χ0) is 24.5. The molecule has 0 aromatic heterocycles. The van der Waals surface area contributed by atoms with Gasteiger partial charge in [0.1, 0.15) is 11.5 Å². The predicted octanol–water partition coefficient (Wildman–Crippen LogP) is 2.70. The first-order chi connectivity index (χ1) is 16.4. The van der Waals surface area contributed by atoms with Crippen LogP contribution in [0.1, 0.15) is 40.8 Å². The van der Waals surface area contributed by atoms with Gasteiger partial charge in [0.2, 0.25) is 5.91 Å². The summed E-state index contributed by atoms with van der Waals surface area (Å²) >= 11 is 0. The monoisotopic (exact) mass is 464 g/mol. The van der Waals surface area contributed by atoms with E-state index in [4.69, 9.17) is 0 Å². The molecule has 180 valence electrons. The Morgan fingerprint density at radius 1 is 0.912 bits per heavy atom. The van der Waals surface area contributed by atoms with Crippen molar-refractivity contribution in [2.45, 2.75) is 45.1 Å². The summed E-state index contributed by atoms with van der Waals surface area (Å²) < 4.78 is 0. The number of aromatic hydroxyl groups is 2. The molecule has 0 aliphatic rings. The molecule has 0 heterocycles. The second kappa shape index (κ2) is 12.2. The molecular weight excluding hydrogens is 432 g/mol. The van der Waals surface area contributed by atoms with Crippen LogP contribution in [-0.2, 0) is 30.8 Å². The van der Waals surface area contributed by atoms with E-state index in [9.17, 15) is 25.2 Å². The Kier molecular flexibility index (Phi) is 9.04. The molecule has 0 bridgehead atoms. The Bertz CT molecular complexity index is 1100. The van der Waals surface area contributed by atoms with Gasteiger partial charge in [-0.3, -0.25) is 4.79 Å². The summed E-state index contributed by atoms with van der Waals surface area (Å²) in [4.78, 5) is 12.3. The van der Waals surface area contributed by atoms with Crippen LogP contribution in [0.5, 0.6) is 11.5 Å². The highest BCUT2D eigenvalue weighted by Crippen LogP contribution is 2.22. The van der Waals surface area contributed by atoms with Crippen LogP contribution < -0.4 is 10.6 Å². The fourth-order valence-electron chi connectivity index (χ4n) is 3.76. The first kappa shape index (κ1) is 25.2. The van der Waals surface area contributed by atoms with Crippen molar-refractivity contribution in [2.24, 2.45) is 0 Å². The van der Waals surface area contributed by atoms with Gasteiger partial charge < -0.3 is 31.1 Å². The Morgan fingerprint density at radius 2 is 1.65 bits per heavy atom. The van der Waals surface area contributed by atoms with Crippen LogP contribution in [0.4, 0.5) is 0 Å². The van der Waals surface area contributed by atoms with Gasteiger partial charge in [-0.15, -0.1) is 0 Å². The van der Waals surface area contributed by atoms with E-state index in [0.717, 1.165) is 17.5 Å². The van der Waals surface area contributed by atoms with Gasteiger partial charge in [-0.1, -0.05) is 48.5 Å². The minimum absolute atomic E-state index is 0.00607.